The largest absolute Gasteiger partial charge is 0.385 e. The zero-order chi connectivity index (χ0) is 21.1. The average molecular weight is 402 g/mol. The van der Waals surface area contributed by atoms with Gasteiger partial charge in [-0.15, -0.1) is 0 Å². The fourth-order valence-corrected chi connectivity index (χ4v) is 3.81. The second-order valence-electron chi connectivity index (χ2n) is 9.42. The van der Waals surface area contributed by atoms with Crippen molar-refractivity contribution in [1.29, 1.82) is 0 Å². The van der Waals surface area contributed by atoms with Gasteiger partial charge in [-0.1, -0.05) is 40.2 Å². The van der Waals surface area contributed by atoms with Gasteiger partial charge in [0, 0.05) is 30.9 Å². The van der Waals surface area contributed by atoms with E-state index in [4.69, 9.17) is 0 Å². The number of piperidine rings is 1. The number of carbonyl (C=O) groups excluding carboxylic acids is 1. The maximum atomic E-state index is 13.2. The molecule has 1 aliphatic heterocycles. The first-order valence-corrected chi connectivity index (χ1v) is 11.8. The average Bonchev–Trinajstić information content (AvgIpc) is 2.71. The molecule has 0 atom stereocenters. The Hall–Kier alpha value is -1.55. The minimum absolute atomic E-state index is 0.170. The van der Waals surface area contributed by atoms with Crippen molar-refractivity contribution in [2.75, 3.05) is 44.6 Å². The number of amides is 1. The fourth-order valence-electron chi connectivity index (χ4n) is 3.81. The highest BCUT2D eigenvalue weighted by Crippen LogP contribution is 2.16. The summed E-state index contributed by atoms with van der Waals surface area (Å²) in [7, 11) is 0. The summed E-state index contributed by atoms with van der Waals surface area (Å²) in [6.07, 6.45) is 7.34. The molecular weight excluding hydrogens is 358 g/mol. The highest BCUT2D eigenvalue weighted by Gasteiger charge is 2.17. The van der Waals surface area contributed by atoms with Crippen LogP contribution in [0.15, 0.2) is 24.3 Å². The summed E-state index contributed by atoms with van der Waals surface area (Å²) in [5.41, 5.74) is 1.86. The Morgan fingerprint density at radius 3 is 2.31 bits per heavy atom. The standard InChI is InChI=1S/C25H43N3O/c1-21(2)12-18-28(19-13-22(3)4)25(29)23-10-8-11-24(20-23)26-14-9-17-27-15-6-5-7-16-27/h8,10-11,20-22,26H,5-7,9,12-19H2,1-4H3. The molecule has 4 nitrogen and oxygen atoms in total. The highest BCUT2D eigenvalue weighted by atomic mass is 16.2. The predicted octanol–water partition coefficient (Wildman–Crippen LogP) is 5.51. The normalized spacial score (nSPS) is 15.1. The Bertz CT molecular complexity index is 581. The van der Waals surface area contributed by atoms with Crippen LogP contribution in [0.1, 0.15) is 76.6 Å². The number of carbonyl (C=O) groups is 1. The van der Waals surface area contributed by atoms with Gasteiger partial charge in [0.1, 0.15) is 0 Å². The number of benzene rings is 1. The molecule has 2 rings (SSSR count). The molecule has 1 aromatic rings. The van der Waals surface area contributed by atoms with Crippen LogP contribution < -0.4 is 5.32 Å². The van der Waals surface area contributed by atoms with Gasteiger partial charge in [-0.05, 0) is 81.8 Å². The lowest BCUT2D eigenvalue weighted by Gasteiger charge is -2.26. The topological polar surface area (TPSA) is 35.6 Å². The molecule has 1 amide bonds. The summed E-state index contributed by atoms with van der Waals surface area (Å²) in [5, 5.41) is 3.52. The molecule has 0 aromatic heterocycles. The van der Waals surface area contributed by atoms with Crippen molar-refractivity contribution >= 4 is 11.6 Å². The van der Waals surface area contributed by atoms with Gasteiger partial charge >= 0.3 is 0 Å². The van der Waals surface area contributed by atoms with Gasteiger partial charge < -0.3 is 15.1 Å². The van der Waals surface area contributed by atoms with Crippen molar-refractivity contribution in [3.8, 4) is 0 Å². The lowest BCUT2D eigenvalue weighted by Crippen LogP contribution is -2.34. The first kappa shape index (κ1) is 23.7. The van der Waals surface area contributed by atoms with Gasteiger partial charge in [0.05, 0.1) is 0 Å². The molecule has 0 unspecified atom stereocenters. The number of hydrogen-bond donors (Lipinski definition) is 1. The van der Waals surface area contributed by atoms with Crippen molar-refractivity contribution < 1.29 is 4.79 Å². The van der Waals surface area contributed by atoms with Crippen LogP contribution in [0.3, 0.4) is 0 Å². The van der Waals surface area contributed by atoms with Gasteiger partial charge in [-0.3, -0.25) is 4.79 Å². The molecule has 1 N–H and O–H groups in total. The fraction of sp³-hybridized carbons (Fsp3) is 0.720. The van der Waals surface area contributed by atoms with Crippen LogP contribution in [-0.2, 0) is 0 Å². The SMILES string of the molecule is CC(C)CCN(CCC(C)C)C(=O)c1cccc(NCCCN2CCCCC2)c1. The molecule has 1 fully saturated rings. The lowest BCUT2D eigenvalue weighted by atomic mass is 10.1. The van der Waals surface area contributed by atoms with E-state index in [1.54, 1.807) is 0 Å². The summed E-state index contributed by atoms with van der Waals surface area (Å²) < 4.78 is 0. The summed E-state index contributed by atoms with van der Waals surface area (Å²) in [6.45, 7) is 15.2. The second kappa shape index (κ2) is 12.9. The Kier molecular flexibility index (Phi) is 10.5. The van der Waals surface area contributed by atoms with Gasteiger partial charge in [-0.2, -0.15) is 0 Å². The molecule has 1 aliphatic rings. The lowest BCUT2D eigenvalue weighted by molar-refractivity contribution is 0.0741. The maximum absolute atomic E-state index is 13.2. The molecular formula is C25H43N3O. The van der Waals surface area contributed by atoms with E-state index in [9.17, 15) is 4.79 Å². The highest BCUT2D eigenvalue weighted by molar-refractivity contribution is 5.95. The van der Waals surface area contributed by atoms with Crippen LogP contribution in [-0.4, -0.2) is 55.0 Å². The Labute approximate surface area is 179 Å². The third-order valence-corrected chi connectivity index (χ3v) is 5.78. The smallest absolute Gasteiger partial charge is 0.253 e. The van der Waals surface area contributed by atoms with Gasteiger partial charge in [0.2, 0.25) is 0 Å². The monoisotopic (exact) mass is 401 g/mol. The quantitative estimate of drug-likeness (QED) is 0.469. The van der Waals surface area contributed by atoms with Crippen molar-refractivity contribution in [2.24, 2.45) is 11.8 Å². The van der Waals surface area contributed by atoms with E-state index in [0.29, 0.717) is 11.8 Å². The minimum atomic E-state index is 0.170. The van der Waals surface area contributed by atoms with Crippen LogP contribution in [0.4, 0.5) is 5.69 Å². The number of rotatable bonds is 12. The van der Waals surface area contributed by atoms with Gasteiger partial charge in [0.25, 0.3) is 5.91 Å². The summed E-state index contributed by atoms with van der Waals surface area (Å²) >= 11 is 0. The predicted molar refractivity (Wildman–Crippen MR) is 125 cm³/mol. The van der Waals surface area contributed by atoms with E-state index >= 15 is 0 Å². The van der Waals surface area contributed by atoms with Gasteiger partial charge in [-0.25, -0.2) is 0 Å². The summed E-state index contributed by atoms with van der Waals surface area (Å²) in [4.78, 5) is 17.8. The first-order chi connectivity index (χ1) is 14.0. The van der Waals surface area contributed by atoms with Gasteiger partial charge in [0.15, 0.2) is 0 Å². The maximum Gasteiger partial charge on any atom is 0.253 e. The van der Waals surface area contributed by atoms with Crippen LogP contribution in [0.25, 0.3) is 0 Å². The zero-order valence-electron chi connectivity index (χ0n) is 19.3. The van der Waals surface area contributed by atoms with E-state index in [1.807, 2.05) is 18.2 Å². The van der Waals surface area contributed by atoms with Crippen LogP contribution >= 0.6 is 0 Å². The van der Waals surface area contributed by atoms with E-state index in [-0.39, 0.29) is 5.91 Å². The molecule has 0 radical (unpaired) electrons. The van der Waals surface area contributed by atoms with Crippen molar-refractivity contribution in [3.05, 3.63) is 29.8 Å². The molecule has 1 saturated heterocycles. The van der Waals surface area contributed by atoms with Crippen LogP contribution in [0.2, 0.25) is 0 Å². The van der Waals surface area contributed by atoms with E-state index in [0.717, 1.165) is 50.1 Å². The zero-order valence-corrected chi connectivity index (χ0v) is 19.3. The van der Waals surface area contributed by atoms with E-state index < -0.39 is 0 Å². The molecule has 0 saturated carbocycles. The first-order valence-electron chi connectivity index (χ1n) is 11.8. The summed E-state index contributed by atoms with van der Waals surface area (Å²) in [6, 6.07) is 8.06. The Morgan fingerprint density at radius 2 is 1.69 bits per heavy atom. The molecule has 1 aromatic carbocycles. The molecule has 0 spiro atoms. The molecule has 0 aliphatic carbocycles. The van der Waals surface area contributed by atoms with Crippen LogP contribution in [0.5, 0.6) is 0 Å². The second-order valence-corrected chi connectivity index (χ2v) is 9.42. The number of nitrogens with zero attached hydrogens (tertiary/aromatic N) is 2. The van der Waals surface area contributed by atoms with Crippen molar-refractivity contribution in [1.82, 2.24) is 9.80 Å². The third-order valence-electron chi connectivity index (χ3n) is 5.78. The molecule has 0 bridgehead atoms. The Morgan fingerprint density at radius 1 is 1.03 bits per heavy atom. The van der Waals surface area contributed by atoms with E-state index in [2.05, 4.69) is 48.9 Å². The van der Waals surface area contributed by atoms with Crippen LogP contribution in [0, 0.1) is 11.8 Å². The van der Waals surface area contributed by atoms with Crippen molar-refractivity contribution in [3.63, 3.8) is 0 Å². The summed E-state index contributed by atoms with van der Waals surface area (Å²) in [5.74, 6) is 1.39. The Balaban J connectivity index is 1.87. The molecule has 164 valence electrons. The van der Waals surface area contributed by atoms with E-state index in [1.165, 1.54) is 38.9 Å². The van der Waals surface area contributed by atoms with Crippen molar-refractivity contribution in [2.45, 2.75) is 66.2 Å². The molecule has 29 heavy (non-hydrogen) atoms. The molecule has 4 heteroatoms. The number of likely N-dealkylation sites (tertiary alicyclic amines) is 1. The third kappa shape index (κ3) is 9.20. The molecule has 1 heterocycles. The minimum Gasteiger partial charge on any atom is -0.385 e. The number of hydrogen-bond acceptors (Lipinski definition) is 3. The number of anilines is 1. The number of nitrogens with one attached hydrogen (secondary N) is 1.